The van der Waals surface area contributed by atoms with Crippen LogP contribution in [0.1, 0.15) is 13.8 Å². The van der Waals surface area contributed by atoms with Crippen molar-refractivity contribution in [2.24, 2.45) is 5.92 Å². The molecule has 50 valence electrons. The fraction of sp³-hybridized carbons (Fsp3) is 1.00. The lowest BCUT2D eigenvalue weighted by Crippen LogP contribution is -2.30. The minimum absolute atomic E-state index is 0.123. The van der Waals surface area contributed by atoms with Gasteiger partial charge in [-0.1, -0.05) is 26.7 Å². The van der Waals surface area contributed by atoms with Crippen molar-refractivity contribution in [1.29, 1.82) is 0 Å². The molecule has 0 saturated heterocycles. The lowest BCUT2D eigenvalue weighted by Gasteiger charge is -2.15. The standard InChI is InChI=1S/C5H13NOS/c1-4(2)5(3-7)6-8/h4-8H,3H2,1-2H3/t5-/m1/s1. The van der Waals surface area contributed by atoms with E-state index in [1.807, 2.05) is 13.8 Å². The summed E-state index contributed by atoms with van der Waals surface area (Å²) in [5.41, 5.74) is 0. The zero-order valence-electron chi connectivity index (χ0n) is 5.26. The van der Waals surface area contributed by atoms with Crippen molar-refractivity contribution in [3.05, 3.63) is 0 Å². The average Bonchev–Trinajstić information content (AvgIpc) is 1.69. The molecular weight excluding hydrogens is 122 g/mol. The van der Waals surface area contributed by atoms with Crippen molar-refractivity contribution in [3.63, 3.8) is 0 Å². The molecule has 3 heteroatoms. The second kappa shape index (κ2) is 4.18. The van der Waals surface area contributed by atoms with Crippen LogP contribution in [0.3, 0.4) is 0 Å². The smallest absolute Gasteiger partial charge is 0.0595 e. The lowest BCUT2D eigenvalue weighted by molar-refractivity contribution is 0.231. The van der Waals surface area contributed by atoms with Crippen LogP contribution in [0.5, 0.6) is 0 Å². The minimum atomic E-state index is 0.123. The SMILES string of the molecule is CC(C)[C@@H](CO)NS. The van der Waals surface area contributed by atoms with Gasteiger partial charge in [-0.3, -0.25) is 4.72 Å². The van der Waals surface area contributed by atoms with Gasteiger partial charge in [0.2, 0.25) is 0 Å². The van der Waals surface area contributed by atoms with Gasteiger partial charge < -0.3 is 5.11 Å². The Labute approximate surface area is 55.8 Å². The molecule has 0 amide bonds. The topological polar surface area (TPSA) is 32.3 Å². The summed E-state index contributed by atoms with van der Waals surface area (Å²) >= 11 is 3.83. The van der Waals surface area contributed by atoms with Gasteiger partial charge in [0.15, 0.2) is 0 Å². The summed E-state index contributed by atoms with van der Waals surface area (Å²) < 4.78 is 2.70. The van der Waals surface area contributed by atoms with Gasteiger partial charge in [0, 0.05) is 6.04 Å². The van der Waals surface area contributed by atoms with E-state index in [2.05, 4.69) is 17.5 Å². The third-order valence-electron chi connectivity index (χ3n) is 1.17. The predicted molar refractivity (Wildman–Crippen MR) is 37.8 cm³/mol. The summed E-state index contributed by atoms with van der Waals surface area (Å²) in [6.45, 7) is 4.22. The van der Waals surface area contributed by atoms with Crippen LogP contribution in [-0.4, -0.2) is 17.8 Å². The van der Waals surface area contributed by atoms with Gasteiger partial charge in [-0.15, -0.1) is 0 Å². The normalized spacial score (nSPS) is 14.6. The Hall–Kier alpha value is 0.270. The molecule has 0 spiro atoms. The highest BCUT2D eigenvalue weighted by atomic mass is 32.1. The summed E-state index contributed by atoms with van der Waals surface area (Å²) in [5.74, 6) is 0.442. The molecule has 8 heavy (non-hydrogen) atoms. The van der Waals surface area contributed by atoms with Gasteiger partial charge in [-0.05, 0) is 5.92 Å². The predicted octanol–water partition coefficient (Wildman–Crippen LogP) is 0.438. The first kappa shape index (κ1) is 8.27. The fourth-order valence-electron chi connectivity index (χ4n) is 0.401. The summed E-state index contributed by atoms with van der Waals surface area (Å²) in [6.07, 6.45) is 0. The number of hydrogen-bond acceptors (Lipinski definition) is 3. The van der Waals surface area contributed by atoms with Crippen molar-refractivity contribution in [2.45, 2.75) is 19.9 Å². The van der Waals surface area contributed by atoms with Crippen LogP contribution < -0.4 is 4.72 Å². The first-order chi connectivity index (χ1) is 3.72. The van der Waals surface area contributed by atoms with Crippen LogP contribution in [0.25, 0.3) is 0 Å². The summed E-state index contributed by atoms with van der Waals surface area (Å²) in [5, 5.41) is 8.59. The van der Waals surface area contributed by atoms with Crippen LogP contribution in [0.15, 0.2) is 0 Å². The van der Waals surface area contributed by atoms with Crippen LogP contribution in [0.4, 0.5) is 0 Å². The first-order valence-corrected chi connectivity index (χ1v) is 3.17. The molecule has 0 unspecified atom stereocenters. The van der Waals surface area contributed by atoms with E-state index in [1.54, 1.807) is 0 Å². The summed E-state index contributed by atoms with van der Waals surface area (Å²) in [6, 6.07) is 0.123. The molecule has 0 aliphatic rings. The van der Waals surface area contributed by atoms with Gasteiger partial charge >= 0.3 is 0 Å². The Morgan fingerprint density at radius 1 is 1.62 bits per heavy atom. The van der Waals surface area contributed by atoms with E-state index in [1.165, 1.54) is 0 Å². The quantitative estimate of drug-likeness (QED) is 0.491. The van der Waals surface area contributed by atoms with Crippen molar-refractivity contribution >= 4 is 12.8 Å². The van der Waals surface area contributed by atoms with Crippen LogP contribution in [-0.2, 0) is 0 Å². The molecule has 0 aromatic carbocycles. The molecule has 0 rings (SSSR count). The lowest BCUT2D eigenvalue weighted by atomic mass is 10.1. The van der Waals surface area contributed by atoms with Crippen molar-refractivity contribution in [2.75, 3.05) is 6.61 Å². The fourth-order valence-corrected chi connectivity index (χ4v) is 0.781. The number of aliphatic hydroxyl groups excluding tert-OH is 1. The van der Waals surface area contributed by atoms with Crippen molar-refractivity contribution < 1.29 is 5.11 Å². The maximum absolute atomic E-state index is 8.59. The molecule has 0 radical (unpaired) electrons. The van der Waals surface area contributed by atoms with E-state index in [0.717, 1.165) is 0 Å². The molecule has 0 aromatic rings. The molecule has 0 aliphatic heterocycles. The number of thiol groups is 1. The third-order valence-corrected chi connectivity index (χ3v) is 1.50. The summed E-state index contributed by atoms with van der Waals surface area (Å²) in [4.78, 5) is 0. The van der Waals surface area contributed by atoms with Crippen molar-refractivity contribution in [1.82, 2.24) is 4.72 Å². The van der Waals surface area contributed by atoms with Gasteiger partial charge in [-0.2, -0.15) is 0 Å². The third kappa shape index (κ3) is 2.55. The average molecular weight is 135 g/mol. The monoisotopic (exact) mass is 135 g/mol. The number of rotatable bonds is 3. The minimum Gasteiger partial charge on any atom is -0.395 e. The van der Waals surface area contributed by atoms with E-state index >= 15 is 0 Å². The molecule has 0 aliphatic carbocycles. The molecule has 2 N–H and O–H groups in total. The van der Waals surface area contributed by atoms with Gasteiger partial charge in [0.1, 0.15) is 0 Å². The molecule has 0 saturated carbocycles. The Bertz CT molecular complexity index is 54.4. The first-order valence-electron chi connectivity index (χ1n) is 2.72. The number of hydrogen-bond donors (Lipinski definition) is 3. The molecule has 1 atom stereocenters. The Balaban J connectivity index is 3.35. The zero-order chi connectivity index (χ0) is 6.57. The highest BCUT2D eigenvalue weighted by molar-refractivity contribution is 7.78. The van der Waals surface area contributed by atoms with Crippen LogP contribution >= 0.6 is 12.8 Å². The second-order valence-corrected chi connectivity index (χ2v) is 2.42. The van der Waals surface area contributed by atoms with Crippen LogP contribution in [0, 0.1) is 5.92 Å². The maximum Gasteiger partial charge on any atom is 0.0595 e. The van der Waals surface area contributed by atoms with Gasteiger partial charge in [0.05, 0.1) is 6.61 Å². The Morgan fingerprint density at radius 2 is 2.12 bits per heavy atom. The van der Waals surface area contributed by atoms with E-state index in [0.29, 0.717) is 5.92 Å². The largest absolute Gasteiger partial charge is 0.395 e. The molecule has 2 nitrogen and oxygen atoms in total. The Kier molecular flexibility index (Phi) is 4.32. The van der Waals surface area contributed by atoms with Crippen molar-refractivity contribution in [3.8, 4) is 0 Å². The summed E-state index contributed by atoms with van der Waals surface area (Å²) in [7, 11) is 0. The van der Waals surface area contributed by atoms with Crippen LogP contribution in [0.2, 0.25) is 0 Å². The maximum atomic E-state index is 8.59. The Morgan fingerprint density at radius 3 is 2.12 bits per heavy atom. The molecule has 0 heterocycles. The number of aliphatic hydroxyl groups is 1. The van der Waals surface area contributed by atoms with E-state index in [4.69, 9.17) is 5.11 Å². The van der Waals surface area contributed by atoms with Gasteiger partial charge in [0.25, 0.3) is 0 Å². The number of nitrogens with one attached hydrogen (secondary N) is 1. The van der Waals surface area contributed by atoms with E-state index < -0.39 is 0 Å². The molecule has 0 bridgehead atoms. The molecular formula is C5H13NOS. The molecule has 0 aromatic heterocycles. The zero-order valence-corrected chi connectivity index (χ0v) is 6.15. The van der Waals surface area contributed by atoms with Gasteiger partial charge in [-0.25, -0.2) is 0 Å². The molecule has 0 fully saturated rings. The van der Waals surface area contributed by atoms with E-state index in [9.17, 15) is 0 Å². The highest BCUT2D eigenvalue weighted by Crippen LogP contribution is 1.99. The second-order valence-electron chi connectivity index (χ2n) is 2.16. The highest BCUT2D eigenvalue weighted by Gasteiger charge is 2.07. The van der Waals surface area contributed by atoms with E-state index in [-0.39, 0.29) is 12.6 Å².